The maximum Gasteiger partial charge on any atom is 0.335 e. The second kappa shape index (κ2) is 7.61. The second-order valence-electron chi connectivity index (χ2n) is 7.76. The molecule has 0 spiro atoms. The van der Waals surface area contributed by atoms with Crippen molar-refractivity contribution in [2.75, 3.05) is 5.32 Å². The maximum atomic E-state index is 14.3. The van der Waals surface area contributed by atoms with E-state index in [0.29, 0.717) is 28.8 Å². The molecule has 4 aromatic rings. The van der Waals surface area contributed by atoms with Crippen molar-refractivity contribution in [3.05, 3.63) is 81.9 Å². The molecule has 6 nitrogen and oxygen atoms in total. The molecule has 2 aromatic heterocycles. The summed E-state index contributed by atoms with van der Waals surface area (Å²) in [7, 11) is 0. The molecule has 0 radical (unpaired) electrons. The smallest absolute Gasteiger partial charge is 0.335 e. The number of fused-ring (bicyclic) bond motifs is 1. The van der Waals surface area contributed by atoms with Gasteiger partial charge in [0.15, 0.2) is 17.3 Å². The van der Waals surface area contributed by atoms with Crippen molar-refractivity contribution in [2.24, 2.45) is 0 Å². The Hall–Kier alpha value is -3.55. The van der Waals surface area contributed by atoms with Crippen LogP contribution in [0.25, 0.3) is 16.9 Å². The van der Waals surface area contributed by atoms with E-state index in [1.54, 1.807) is 6.20 Å². The molecule has 1 aliphatic carbocycles. The summed E-state index contributed by atoms with van der Waals surface area (Å²) < 4.78 is 30.9. The highest BCUT2D eigenvalue weighted by atomic mass is 19.2. The molecule has 5 rings (SSSR count). The SMILES string of the molecule is CCc1cccc(-n2c(=O)n(Cc3cccc(F)c3F)c3cnc(NC4CC4)nc32)c1. The molecule has 2 heterocycles. The Morgan fingerprint density at radius 3 is 2.74 bits per heavy atom. The summed E-state index contributed by atoms with van der Waals surface area (Å²) in [5.41, 5.74) is 2.33. The van der Waals surface area contributed by atoms with Crippen LogP contribution in [-0.2, 0) is 13.0 Å². The van der Waals surface area contributed by atoms with Gasteiger partial charge in [0.1, 0.15) is 5.52 Å². The first kappa shape index (κ1) is 19.4. The molecule has 8 heteroatoms. The number of nitrogens with zero attached hydrogens (tertiary/aromatic N) is 4. The third-order valence-electron chi connectivity index (χ3n) is 5.52. The molecule has 31 heavy (non-hydrogen) atoms. The number of hydrogen-bond acceptors (Lipinski definition) is 4. The highest BCUT2D eigenvalue weighted by molar-refractivity contribution is 5.74. The number of rotatable bonds is 6. The number of halogens is 2. The molecule has 1 aliphatic rings. The normalized spacial score (nSPS) is 13.6. The predicted octanol–water partition coefficient (Wildman–Crippen LogP) is 4.05. The predicted molar refractivity (Wildman–Crippen MR) is 115 cm³/mol. The highest BCUT2D eigenvalue weighted by Gasteiger charge is 2.24. The van der Waals surface area contributed by atoms with Gasteiger partial charge < -0.3 is 5.32 Å². The van der Waals surface area contributed by atoms with Crippen LogP contribution in [-0.4, -0.2) is 25.1 Å². The summed E-state index contributed by atoms with van der Waals surface area (Å²) in [5, 5.41) is 3.25. The summed E-state index contributed by atoms with van der Waals surface area (Å²) in [6.45, 7) is 1.91. The summed E-state index contributed by atoms with van der Waals surface area (Å²) in [6.07, 6.45) is 4.50. The van der Waals surface area contributed by atoms with Gasteiger partial charge in [-0.15, -0.1) is 0 Å². The first-order chi connectivity index (χ1) is 15.0. The van der Waals surface area contributed by atoms with Gasteiger partial charge in [-0.2, -0.15) is 4.98 Å². The molecule has 0 unspecified atom stereocenters. The molecule has 0 amide bonds. The van der Waals surface area contributed by atoms with Gasteiger partial charge >= 0.3 is 5.69 Å². The summed E-state index contributed by atoms with van der Waals surface area (Å²) >= 11 is 0. The van der Waals surface area contributed by atoms with E-state index in [1.807, 2.05) is 31.2 Å². The fraction of sp³-hybridized carbons (Fsp3) is 0.261. The van der Waals surface area contributed by atoms with Crippen LogP contribution in [0.4, 0.5) is 14.7 Å². The third-order valence-corrected chi connectivity index (χ3v) is 5.52. The van der Waals surface area contributed by atoms with E-state index < -0.39 is 11.6 Å². The first-order valence-electron chi connectivity index (χ1n) is 10.3. The molecule has 1 N–H and O–H groups in total. The van der Waals surface area contributed by atoms with Crippen LogP contribution in [0.3, 0.4) is 0 Å². The van der Waals surface area contributed by atoms with Gasteiger partial charge in [0.25, 0.3) is 0 Å². The lowest BCUT2D eigenvalue weighted by Gasteiger charge is -2.06. The van der Waals surface area contributed by atoms with E-state index in [9.17, 15) is 13.6 Å². The Bertz CT molecular complexity index is 1340. The Morgan fingerprint density at radius 2 is 1.97 bits per heavy atom. The Morgan fingerprint density at radius 1 is 1.16 bits per heavy atom. The summed E-state index contributed by atoms with van der Waals surface area (Å²) in [5.74, 6) is -1.46. The van der Waals surface area contributed by atoms with Crippen LogP contribution >= 0.6 is 0 Å². The van der Waals surface area contributed by atoms with Crippen LogP contribution in [0.15, 0.2) is 53.5 Å². The van der Waals surface area contributed by atoms with Crippen molar-refractivity contribution in [1.82, 2.24) is 19.1 Å². The molecule has 0 bridgehead atoms. The van der Waals surface area contributed by atoms with Crippen molar-refractivity contribution < 1.29 is 8.78 Å². The van der Waals surface area contributed by atoms with E-state index in [4.69, 9.17) is 0 Å². The molecule has 0 aliphatic heterocycles. The number of nitrogens with one attached hydrogen (secondary N) is 1. The minimum Gasteiger partial charge on any atom is -0.351 e. The quantitative estimate of drug-likeness (QED) is 0.510. The van der Waals surface area contributed by atoms with Crippen LogP contribution < -0.4 is 11.0 Å². The largest absolute Gasteiger partial charge is 0.351 e. The number of hydrogen-bond donors (Lipinski definition) is 1. The highest BCUT2D eigenvalue weighted by Crippen LogP contribution is 2.25. The van der Waals surface area contributed by atoms with Crippen molar-refractivity contribution >= 4 is 17.1 Å². The van der Waals surface area contributed by atoms with E-state index >= 15 is 0 Å². The number of anilines is 1. The Labute approximate surface area is 177 Å². The average molecular weight is 421 g/mol. The second-order valence-corrected chi connectivity index (χ2v) is 7.76. The van der Waals surface area contributed by atoms with Crippen molar-refractivity contribution in [1.29, 1.82) is 0 Å². The topological polar surface area (TPSA) is 64.7 Å². The lowest BCUT2D eigenvalue weighted by atomic mass is 10.1. The van der Waals surface area contributed by atoms with Crippen LogP contribution in [0.1, 0.15) is 30.9 Å². The number of benzene rings is 2. The molecule has 2 aromatic carbocycles. The van der Waals surface area contributed by atoms with Gasteiger partial charge in [0.05, 0.1) is 18.4 Å². The number of aryl methyl sites for hydroxylation is 1. The molecular weight excluding hydrogens is 400 g/mol. The van der Waals surface area contributed by atoms with E-state index in [2.05, 4.69) is 15.3 Å². The molecule has 0 saturated heterocycles. The fourth-order valence-corrected chi connectivity index (χ4v) is 3.66. The van der Waals surface area contributed by atoms with Gasteiger partial charge in [0.2, 0.25) is 5.95 Å². The molecule has 158 valence electrons. The Kier molecular flexibility index (Phi) is 4.77. The van der Waals surface area contributed by atoms with Crippen LogP contribution in [0, 0.1) is 11.6 Å². The molecule has 1 fully saturated rings. The number of aromatic nitrogens is 4. The lowest BCUT2D eigenvalue weighted by Crippen LogP contribution is -2.24. The maximum absolute atomic E-state index is 14.3. The van der Waals surface area contributed by atoms with Gasteiger partial charge in [0, 0.05) is 11.6 Å². The van der Waals surface area contributed by atoms with E-state index in [1.165, 1.54) is 21.3 Å². The van der Waals surface area contributed by atoms with Crippen molar-refractivity contribution in [2.45, 2.75) is 38.8 Å². The van der Waals surface area contributed by atoms with E-state index in [0.717, 1.165) is 30.9 Å². The molecule has 0 atom stereocenters. The van der Waals surface area contributed by atoms with Gasteiger partial charge in [-0.05, 0) is 43.0 Å². The summed E-state index contributed by atoms with van der Waals surface area (Å²) in [4.78, 5) is 22.4. The first-order valence-corrected chi connectivity index (χ1v) is 10.3. The lowest BCUT2D eigenvalue weighted by molar-refractivity contribution is 0.495. The van der Waals surface area contributed by atoms with Gasteiger partial charge in [-0.3, -0.25) is 4.57 Å². The van der Waals surface area contributed by atoms with E-state index in [-0.39, 0.29) is 17.8 Å². The molecular formula is C23H21F2N5O. The average Bonchev–Trinajstić information content (AvgIpc) is 3.55. The van der Waals surface area contributed by atoms with Crippen molar-refractivity contribution in [3.63, 3.8) is 0 Å². The third kappa shape index (κ3) is 3.58. The van der Waals surface area contributed by atoms with Crippen LogP contribution in [0.2, 0.25) is 0 Å². The van der Waals surface area contributed by atoms with Gasteiger partial charge in [-0.25, -0.2) is 23.1 Å². The van der Waals surface area contributed by atoms with Gasteiger partial charge in [-0.1, -0.05) is 31.2 Å². The van der Waals surface area contributed by atoms with Crippen molar-refractivity contribution in [3.8, 4) is 5.69 Å². The zero-order valence-electron chi connectivity index (χ0n) is 17.0. The Balaban J connectivity index is 1.70. The zero-order valence-corrected chi connectivity index (χ0v) is 17.0. The zero-order chi connectivity index (χ0) is 21.5. The van der Waals surface area contributed by atoms with Crippen LogP contribution in [0.5, 0.6) is 0 Å². The number of imidazole rings is 1. The molecule has 1 saturated carbocycles. The monoisotopic (exact) mass is 421 g/mol. The standard InChI is InChI=1S/C23H21F2N5O/c1-2-14-5-3-7-17(11-14)30-21-19(12-26-22(28-21)27-16-9-10-16)29(23(30)31)13-15-6-4-8-18(24)20(15)25/h3-8,11-12,16H,2,9-10,13H2,1H3,(H,26,27,28). The minimum atomic E-state index is -0.962. The fourth-order valence-electron chi connectivity index (χ4n) is 3.66. The summed E-state index contributed by atoms with van der Waals surface area (Å²) in [6, 6.07) is 12.0. The minimum absolute atomic E-state index is 0.0867.